The maximum absolute atomic E-state index is 12.7. The van der Waals surface area contributed by atoms with Crippen LogP contribution in [-0.2, 0) is 11.2 Å². The zero-order valence-corrected chi connectivity index (χ0v) is 14.5. The van der Waals surface area contributed by atoms with Gasteiger partial charge in [0.1, 0.15) is 6.04 Å². The number of hydrogen-bond acceptors (Lipinski definition) is 4. The van der Waals surface area contributed by atoms with Gasteiger partial charge < -0.3 is 14.4 Å². The zero-order chi connectivity index (χ0) is 17.4. The van der Waals surface area contributed by atoms with Crippen molar-refractivity contribution in [2.24, 2.45) is 11.3 Å². The van der Waals surface area contributed by atoms with E-state index in [9.17, 15) is 14.7 Å². The van der Waals surface area contributed by atoms with E-state index >= 15 is 0 Å². The Morgan fingerprint density at radius 3 is 2.52 bits per heavy atom. The van der Waals surface area contributed by atoms with Crippen LogP contribution in [0.4, 0.5) is 0 Å². The number of carboxylic acid groups (broad SMARTS) is 1. The lowest BCUT2D eigenvalue weighted by atomic mass is 9.73. The third-order valence-corrected chi connectivity index (χ3v) is 4.71. The van der Waals surface area contributed by atoms with Gasteiger partial charge in [-0.2, -0.15) is 0 Å². The second-order valence-electron chi connectivity index (χ2n) is 7.32. The number of oxazole rings is 1. The van der Waals surface area contributed by atoms with Crippen LogP contribution in [0.15, 0.2) is 4.42 Å². The van der Waals surface area contributed by atoms with Crippen LogP contribution in [0.2, 0.25) is 0 Å². The number of hydrogen-bond donors (Lipinski definition) is 1. The van der Waals surface area contributed by atoms with Crippen molar-refractivity contribution in [1.82, 2.24) is 9.88 Å². The highest BCUT2D eigenvalue weighted by molar-refractivity contribution is 5.95. The van der Waals surface area contributed by atoms with E-state index in [2.05, 4.69) is 25.8 Å². The summed E-state index contributed by atoms with van der Waals surface area (Å²) in [5.41, 5.74) is 0.550. The molecule has 1 aromatic rings. The lowest BCUT2D eigenvalue weighted by molar-refractivity contribution is -0.144. The summed E-state index contributed by atoms with van der Waals surface area (Å²) >= 11 is 0. The van der Waals surface area contributed by atoms with Crippen LogP contribution in [0.1, 0.15) is 62.7 Å². The molecule has 2 atom stereocenters. The summed E-state index contributed by atoms with van der Waals surface area (Å²) in [6, 6.07) is -0.810. The molecule has 23 heavy (non-hydrogen) atoms. The Morgan fingerprint density at radius 1 is 1.39 bits per heavy atom. The van der Waals surface area contributed by atoms with Crippen LogP contribution >= 0.6 is 0 Å². The lowest BCUT2D eigenvalue weighted by Gasteiger charge is -2.42. The maximum atomic E-state index is 12.7. The third-order valence-electron chi connectivity index (χ3n) is 4.71. The molecule has 6 heteroatoms. The number of nitrogens with zero attached hydrogens (tertiary/aromatic N) is 2. The van der Waals surface area contributed by atoms with Gasteiger partial charge in [0, 0.05) is 13.0 Å². The minimum absolute atomic E-state index is 0.0281. The van der Waals surface area contributed by atoms with Gasteiger partial charge in [-0.15, -0.1) is 0 Å². The monoisotopic (exact) mass is 322 g/mol. The Bertz CT molecular complexity index is 600. The van der Waals surface area contributed by atoms with Gasteiger partial charge in [0.15, 0.2) is 5.89 Å². The number of aromatic nitrogens is 1. The van der Waals surface area contributed by atoms with Gasteiger partial charge in [-0.25, -0.2) is 9.78 Å². The van der Waals surface area contributed by atoms with Gasteiger partial charge >= 0.3 is 5.97 Å². The molecule has 1 aromatic heterocycles. The van der Waals surface area contributed by atoms with Crippen molar-refractivity contribution in [3.8, 4) is 0 Å². The molecule has 1 amide bonds. The van der Waals surface area contributed by atoms with Crippen LogP contribution < -0.4 is 0 Å². The summed E-state index contributed by atoms with van der Waals surface area (Å²) in [7, 11) is 0. The molecule has 6 nitrogen and oxygen atoms in total. The van der Waals surface area contributed by atoms with Crippen molar-refractivity contribution in [3.05, 3.63) is 17.3 Å². The maximum Gasteiger partial charge on any atom is 0.326 e. The summed E-state index contributed by atoms with van der Waals surface area (Å²) in [6.07, 6.45) is 1.87. The average Bonchev–Trinajstić information content (AvgIpc) is 2.86. The van der Waals surface area contributed by atoms with E-state index < -0.39 is 12.0 Å². The molecule has 0 aliphatic carbocycles. The smallest absolute Gasteiger partial charge is 0.326 e. The van der Waals surface area contributed by atoms with Crippen LogP contribution in [0.5, 0.6) is 0 Å². The van der Waals surface area contributed by atoms with Gasteiger partial charge in [0.25, 0.3) is 5.91 Å². The van der Waals surface area contributed by atoms with Gasteiger partial charge in [-0.3, -0.25) is 4.79 Å². The fourth-order valence-electron chi connectivity index (χ4n) is 3.16. The van der Waals surface area contributed by atoms with Crippen molar-refractivity contribution in [3.63, 3.8) is 0 Å². The number of likely N-dealkylation sites (tertiary alicyclic amines) is 1. The molecule has 1 aliphatic heterocycles. The third kappa shape index (κ3) is 3.57. The average molecular weight is 322 g/mol. The van der Waals surface area contributed by atoms with Crippen molar-refractivity contribution in [2.45, 2.75) is 59.9 Å². The van der Waals surface area contributed by atoms with Crippen LogP contribution in [0.25, 0.3) is 0 Å². The van der Waals surface area contributed by atoms with Gasteiger partial charge in [-0.1, -0.05) is 27.7 Å². The number of amides is 1. The minimum Gasteiger partial charge on any atom is -0.480 e. The minimum atomic E-state index is -0.958. The predicted molar refractivity (Wildman–Crippen MR) is 85.3 cm³/mol. The van der Waals surface area contributed by atoms with E-state index in [-0.39, 0.29) is 23.0 Å². The second kappa shape index (κ2) is 6.34. The first-order valence-corrected chi connectivity index (χ1v) is 8.15. The first-order valence-electron chi connectivity index (χ1n) is 8.15. The SMILES string of the molecule is CCc1nc(C)c(C(=O)N2CC[C@H](C(C)(C)C)C[C@@H]2C(=O)O)o1. The quantitative estimate of drug-likeness (QED) is 0.925. The fourth-order valence-corrected chi connectivity index (χ4v) is 3.16. The molecule has 0 spiro atoms. The molecule has 0 saturated carbocycles. The zero-order valence-electron chi connectivity index (χ0n) is 14.5. The van der Waals surface area contributed by atoms with Gasteiger partial charge in [0.2, 0.25) is 5.76 Å². The first-order chi connectivity index (χ1) is 10.6. The van der Waals surface area contributed by atoms with Crippen molar-refractivity contribution in [1.29, 1.82) is 0 Å². The van der Waals surface area contributed by atoms with E-state index in [1.807, 2.05) is 6.92 Å². The Kier molecular flexibility index (Phi) is 4.82. The molecular formula is C17H26N2O4. The molecule has 0 unspecified atom stereocenters. The fraction of sp³-hybridized carbons (Fsp3) is 0.706. The number of piperidine rings is 1. The van der Waals surface area contributed by atoms with Crippen molar-refractivity contribution < 1.29 is 19.1 Å². The van der Waals surface area contributed by atoms with E-state index in [0.29, 0.717) is 31.0 Å². The highest BCUT2D eigenvalue weighted by Gasteiger charge is 2.41. The number of carboxylic acids is 1. The van der Waals surface area contributed by atoms with Crippen LogP contribution in [0.3, 0.4) is 0 Å². The van der Waals surface area contributed by atoms with E-state index in [0.717, 1.165) is 6.42 Å². The molecule has 1 N–H and O–H groups in total. The molecule has 2 heterocycles. The molecular weight excluding hydrogens is 296 g/mol. The van der Waals surface area contributed by atoms with Gasteiger partial charge in [0.05, 0.1) is 5.69 Å². The topological polar surface area (TPSA) is 83.6 Å². The molecule has 128 valence electrons. The summed E-state index contributed by atoms with van der Waals surface area (Å²) in [5, 5.41) is 9.57. The molecule has 1 aliphatic rings. The van der Waals surface area contributed by atoms with Crippen molar-refractivity contribution >= 4 is 11.9 Å². The molecule has 1 fully saturated rings. The second-order valence-corrected chi connectivity index (χ2v) is 7.32. The molecule has 1 saturated heterocycles. The highest BCUT2D eigenvalue weighted by atomic mass is 16.4. The predicted octanol–water partition coefficient (Wildman–Crippen LogP) is 2.90. The molecule has 0 aromatic carbocycles. The Morgan fingerprint density at radius 2 is 2.04 bits per heavy atom. The Labute approximate surface area is 136 Å². The number of aryl methyl sites for hydroxylation is 2. The molecule has 0 bridgehead atoms. The summed E-state index contributed by atoms with van der Waals surface area (Å²) in [6.45, 7) is 10.4. The van der Waals surface area contributed by atoms with Crippen LogP contribution in [0, 0.1) is 18.3 Å². The molecule has 2 rings (SSSR count). The Balaban J connectivity index is 2.25. The van der Waals surface area contributed by atoms with E-state index in [1.54, 1.807) is 6.92 Å². The largest absolute Gasteiger partial charge is 0.480 e. The van der Waals surface area contributed by atoms with Gasteiger partial charge in [-0.05, 0) is 31.1 Å². The number of rotatable bonds is 3. The highest BCUT2D eigenvalue weighted by Crippen LogP contribution is 2.37. The number of aliphatic carboxylic acids is 1. The summed E-state index contributed by atoms with van der Waals surface area (Å²) in [5.74, 6) is -0.381. The standard InChI is InChI=1S/C17H26N2O4/c1-6-13-18-10(2)14(23-13)15(20)19-8-7-11(17(3,4)5)9-12(19)16(21)22/h11-12H,6-9H2,1-5H3,(H,21,22)/t11-,12+/m0/s1. The lowest BCUT2D eigenvalue weighted by Crippen LogP contribution is -2.51. The first kappa shape index (κ1) is 17.5. The van der Waals surface area contributed by atoms with E-state index in [1.165, 1.54) is 4.90 Å². The van der Waals surface area contributed by atoms with Crippen molar-refractivity contribution in [2.75, 3.05) is 6.54 Å². The Hall–Kier alpha value is -1.85. The normalized spacial score (nSPS) is 22.2. The molecule has 0 radical (unpaired) electrons. The number of carbonyl (C=O) groups excluding carboxylic acids is 1. The van der Waals surface area contributed by atoms with E-state index in [4.69, 9.17) is 4.42 Å². The number of carbonyl (C=O) groups is 2. The summed E-state index contributed by atoms with van der Waals surface area (Å²) in [4.78, 5) is 30.1. The van der Waals surface area contributed by atoms with Crippen LogP contribution in [-0.4, -0.2) is 39.5 Å². The summed E-state index contributed by atoms with van der Waals surface area (Å²) < 4.78 is 5.51.